The van der Waals surface area contributed by atoms with Crippen LogP contribution in [0.3, 0.4) is 0 Å². The van der Waals surface area contributed by atoms with Crippen molar-refractivity contribution in [3.05, 3.63) is 46.8 Å². The molecule has 0 fully saturated rings. The summed E-state index contributed by atoms with van der Waals surface area (Å²) in [4.78, 5) is 14.3. The molecule has 6 heteroatoms. The van der Waals surface area contributed by atoms with Crippen LogP contribution in [0, 0.1) is 10.1 Å². The van der Waals surface area contributed by atoms with E-state index in [1.54, 1.807) is 24.3 Å². The molecule has 98 valence electrons. The highest BCUT2D eigenvalue weighted by atomic mass is 16.6. The lowest BCUT2D eigenvalue weighted by atomic mass is 10.0. The first kappa shape index (κ1) is 12.8. The van der Waals surface area contributed by atoms with Crippen LogP contribution in [0.5, 0.6) is 11.5 Å². The quantitative estimate of drug-likeness (QED) is 0.624. The van der Waals surface area contributed by atoms with Crippen molar-refractivity contribution in [1.82, 2.24) is 4.98 Å². The molecule has 0 unspecified atom stereocenters. The summed E-state index contributed by atoms with van der Waals surface area (Å²) in [7, 11) is 3.05. The number of nitro groups is 1. The van der Waals surface area contributed by atoms with E-state index in [9.17, 15) is 10.1 Å². The standard InChI is InChI=1S/C13H12N2O4/c1-18-12-4-3-9(7-13(12)19-2)10-5-6-14-8-11(10)15(16)17/h3-8H,1-2H3. The van der Waals surface area contributed by atoms with E-state index >= 15 is 0 Å². The summed E-state index contributed by atoms with van der Waals surface area (Å²) in [5.41, 5.74) is 1.11. The van der Waals surface area contributed by atoms with Crippen molar-refractivity contribution >= 4 is 5.69 Å². The zero-order valence-electron chi connectivity index (χ0n) is 10.5. The minimum atomic E-state index is -0.459. The Morgan fingerprint density at radius 2 is 1.89 bits per heavy atom. The third kappa shape index (κ3) is 2.47. The minimum Gasteiger partial charge on any atom is -0.493 e. The van der Waals surface area contributed by atoms with E-state index in [0.29, 0.717) is 22.6 Å². The molecule has 1 aromatic heterocycles. The van der Waals surface area contributed by atoms with Gasteiger partial charge in [0.1, 0.15) is 6.20 Å². The van der Waals surface area contributed by atoms with Gasteiger partial charge in [0.25, 0.3) is 5.69 Å². The van der Waals surface area contributed by atoms with Crippen LogP contribution in [0.4, 0.5) is 5.69 Å². The van der Waals surface area contributed by atoms with Crippen LogP contribution >= 0.6 is 0 Å². The van der Waals surface area contributed by atoms with Gasteiger partial charge in [-0.05, 0) is 23.8 Å². The highest BCUT2D eigenvalue weighted by molar-refractivity contribution is 5.74. The fourth-order valence-electron chi connectivity index (χ4n) is 1.78. The Hall–Kier alpha value is -2.63. The van der Waals surface area contributed by atoms with E-state index in [1.807, 2.05) is 0 Å². The van der Waals surface area contributed by atoms with Crippen molar-refractivity contribution in [3.8, 4) is 22.6 Å². The van der Waals surface area contributed by atoms with E-state index < -0.39 is 4.92 Å². The van der Waals surface area contributed by atoms with Crippen molar-refractivity contribution in [2.75, 3.05) is 14.2 Å². The second kappa shape index (κ2) is 5.34. The van der Waals surface area contributed by atoms with Crippen LogP contribution in [0.1, 0.15) is 0 Å². The van der Waals surface area contributed by atoms with E-state index in [-0.39, 0.29) is 5.69 Å². The van der Waals surface area contributed by atoms with E-state index in [2.05, 4.69) is 4.98 Å². The van der Waals surface area contributed by atoms with Gasteiger partial charge in [-0.25, -0.2) is 0 Å². The van der Waals surface area contributed by atoms with Crippen LogP contribution in [0.25, 0.3) is 11.1 Å². The molecular weight excluding hydrogens is 248 g/mol. The Morgan fingerprint density at radius 1 is 1.16 bits per heavy atom. The van der Waals surface area contributed by atoms with Gasteiger partial charge >= 0.3 is 0 Å². The molecule has 0 aliphatic carbocycles. The lowest BCUT2D eigenvalue weighted by Crippen LogP contribution is -1.94. The molecule has 0 atom stereocenters. The number of benzene rings is 1. The first-order valence-electron chi connectivity index (χ1n) is 5.48. The molecular formula is C13H12N2O4. The number of aromatic nitrogens is 1. The molecule has 1 aromatic carbocycles. The number of hydrogen-bond acceptors (Lipinski definition) is 5. The van der Waals surface area contributed by atoms with Gasteiger partial charge in [0.15, 0.2) is 11.5 Å². The molecule has 0 amide bonds. The van der Waals surface area contributed by atoms with Gasteiger partial charge in [-0.2, -0.15) is 0 Å². The average molecular weight is 260 g/mol. The van der Waals surface area contributed by atoms with Gasteiger partial charge in [0.05, 0.1) is 24.7 Å². The number of pyridine rings is 1. The molecule has 19 heavy (non-hydrogen) atoms. The van der Waals surface area contributed by atoms with Gasteiger partial charge < -0.3 is 9.47 Å². The number of rotatable bonds is 4. The highest BCUT2D eigenvalue weighted by Crippen LogP contribution is 2.35. The molecule has 0 saturated carbocycles. The topological polar surface area (TPSA) is 74.5 Å². The summed E-state index contributed by atoms with van der Waals surface area (Å²) in [6.45, 7) is 0. The first-order chi connectivity index (χ1) is 9.17. The van der Waals surface area contributed by atoms with Crippen LogP contribution < -0.4 is 9.47 Å². The summed E-state index contributed by atoms with van der Waals surface area (Å²) < 4.78 is 10.3. The van der Waals surface area contributed by atoms with Gasteiger partial charge in [-0.1, -0.05) is 6.07 Å². The summed E-state index contributed by atoms with van der Waals surface area (Å²) in [5, 5.41) is 11.0. The number of hydrogen-bond donors (Lipinski definition) is 0. The summed E-state index contributed by atoms with van der Waals surface area (Å²) in [5.74, 6) is 1.09. The predicted molar refractivity (Wildman–Crippen MR) is 69.4 cm³/mol. The Kier molecular flexibility index (Phi) is 3.61. The lowest BCUT2D eigenvalue weighted by Gasteiger charge is -2.09. The summed E-state index contributed by atoms with van der Waals surface area (Å²) >= 11 is 0. The molecule has 0 aliphatic heterocycles. The van der Waals surface area contributed by atoms with Crippen molar-refractivity contribution < 1.29 is 14.4 Å². The average Bonchev–Trinajstić information content (AvgIpc) is 2.46. The van der Waals surface area contributed by atoms with Crippen molar-refractivity contribution in [2.45, 2.75) is 0 Å². The molecule has 2 rings (SSSR count). The monoisotopic (exact) mass is 260 g/mol. The predicted octanol–water partition coefficient (Wildman–Crippen LogP) is 2.67. The van der Waals surface area contributed by atoms with Gasteiger partial charge in [-0.3, -0.25) is 15.1 Å². The third-order valence-corrected chi connectivity index (χ3v) is 2.69. The maximum absolute atomic E-state index is 11.0. The first-order valence-corrected chi connectivity index (χ1v) is 5.48. The van der Waals surface area contributed by atoms with Gasteiger partial charge in [0, 0.05) is 6.20 Å². The zero-order chi connectivity index (χ0) is 13.8. The van der Waals surface area contributed by atoms with Gasteiger partial charge in [-0.15, -0.1) is 0 Å². The smallest absolute Gasteiger partial charge is 0.295 e. The second-order valence-electron chi connectivity index (χ2n) is 3.72. The molecule has 2 aromatic rings. The van der Waals surface area contributed by atoms with Crippen LogP contribution in [0.15, 0.2) is 36.7 Å². The molecule has 0 aliphatic rings. The minimum absolute atomic E-state index is 0.0466. The Balaban J connectivity index is 2.56. The normalized spacial score (nSPS) is 10.0. The second-order valence-corrected chi connectivity index (χ2v) is 3.72. The highest BCUT2D eigenvalue weighted by Gasteiger charge is 2.16. The Morgan fingerprint density at radius 3 is 2.53 bits per heavy atom. The van der Waals surface area contributed by atoms with Crippen LogP contribution in [0.2, 0.25) is 0 Å². The number of methoxy groups -OCH3 is 2. The maximum Gasteiger partial charge on any atom is 0.295 e. The molecule has 0 radical (unpaired) electrons. The van der Waals surface area contributed by atoms with E-state index in [4.69, 9.17) is 9.47 Å². The molecule has 0 saturated heterocycles. The zero-order valence-corrected chi connectivity index (χ0v) is 10.5. The summed E-state index contributed by atoms with van der Waals surface area (Å²) in [6.07, 6.45) is 2.74. The molecule has 0 spiro atoms. The molecule has 0 N–H and O–H groups in total. The SMILES string of the molecule is COc1ccc(-c2ccncc2[N+](=O)[O-])cc1OC. The van der Waals surface area contributed by atoms with E-state index in [0.717, 1.165) is 0 Å². The largest absolute Gasteiger partial charge is 0.493 e. The van der Waals surface area contributed by atoms with Crippen molar-refractivity contribution in [3.63, 3.8) is 0 Å². The Bertz CT molecular complexity index is 613. The Labute approximate surface area is 109 Å². The maximum atomic E-state index is 11.0. The van der Waals surface area contributed by atoms with Crippen LogP contribution in [-0.4, -0.2) is 24.1 Å². The fourth-order valence-corrected chi connectivity index (χ4v) is 1.78. The molecule has 0 bridgehead atoms. The van der Waals surface area contributed by atoms with Crippen molar-refractivity contribution in [2.24, 2.45) is 0 Å². The van der Waals surface area contributed by atoms with Gasteiger partial charge in [0.2, 0.25) is 0 Å². The molecule has 1 heterocycles. The van der Waals surface area contributed by atoms with Crippen molar-refractivity contribution in [1.29, 1.82) is 0 Å². The van der Waals surface area contributed by atoms with E-state index in [1.165, 1.54) is 26.6 Å². The number of ether oxygens (including phenoxy) is 2. The molecule has 6 nitrogen and oxygen atoms in total. The lowest BCUT2D eigenvalue weighted by molar-refractivity contribution is -0.384. The fraction of sp³-hybridized carbons (Fsp3) is 0.154. The number of nitrogens with zero attached hydrogens (tertiary/aromatic N) is 2. The summed E-state index contributed by atoms with van der Waals surface area (Å²) in [6, 6.07) is 6.74. The van der Waals surface area contributed by atoms with Crippen LogP contribution in [-0.2, 0) is 0 Å². The third-order valence-electron chi connectivity index (χ3n) is 2.69.